The van der Waals surface area contributed by atoms with E-state index < -0.39 is 22.8 Å². The smallest absolute Gasteiger partial charge is 0.281 e. The number of nitrogens with zero attached hydrogens (tertiary/aromatic N) is 1. The normalized spacial score (nSPS) is 28.0. The molecule has 4 N–H and O–H groups in total. The minimum atomic E-state index is -2.91. The Morgan fingerprint density at radius 1 is 1.23 bits per heavy atom. The third-order valence-corrected chi connectivity index (χ3v) is 4.14. The molecular weight excluding hydrogens is 289 g/mol. The number of aromatic nitrogens is 1. The molecule has 0 radical (unpaired) electrons. The maximum atomic E-state index is 14.1. The molecule has 126 valence electrons. The van der Waals surface area contributed by atoms with Crippen LogP contribution in [0, 0.1) is 11.2 Å². The molecule has 22 heavy (non-hydrogen) atoms. The summed E-state index contributed by atoms with van der Waals surface area (Å²) < 4.78 is 14.1. The van der Waals surface area contributed by atoms with E-state index in [1.54, 1.807) is 0 Å². The fourth-order valence-electron chi connectivity index (χ4n) is 2.75. The molecule has 5 nitrogen and oxygen atoms in total. The summed E-state index contributed by atoms with van der Waals surface area (Å²) in [6.07, 6.45) is 1.13. The van der Waals surface area contributed by atoms with Crippen molar-refractivity contribution in [1.29, 1.82) is 0 Å². The molecule has 1 aromatic rings. The van der Waals surface area contributed by atoms with Crippen LogP contribution in [0.15, 0.2) is 12.3 Å². The molecule has 1 aliphatic carbocycles. The van der Waals surface area contributed by atoms with Crippen LogP contribution in [0.2, 0.25) is 0 Å². The van der Waals surface area contributed by atoms with Crippen molar-refractivity contribution in [3.63, 3.8) is 0 Å². The lowest BCUT2D eigenvalue weighted by atomic mass is 9.57. The summed E-state index contributed by atoms with van der Waals surface area (Å²) in [5, 5.41) is 38.1. The van der Waals surface area contributed by atoms with E-state index in [-0.39, 0.29) is 24.5 Å². The predicted octanol–water partition coefficient (Wildman–Crippen LogP) is 1.99. The van der Waals surface area contributed by atoms with Gasteiger partial charge >= 0.3 is 0 Å². The Bertz CT molecular complexity index is 519. The molecule has 6 heteroatoms. The molecule has 0 aliphatic heterocycles. The highest BCUT2D eigenvalue weighted by molar-refractivity contribution is 5.26. The van der Waals surface area contributed by atoms with Gasteiger partial charge in [-0.2, -0.15) is 0 Å². The largest absolute Gasteiger partial charge is 0.383 e. The zero-order valence-corrected chi connectivity index (χ0v) is 13.8. The Morgan fingerprint density at radius 2 is 1.73 bits per heavy atom. The molecule has 1 fully saturated rings. The van der Waals surface area contributed by atoms with E-state index in [0.717, 1.165) is 5.56 Å². The fourth-order valence-corrected chi connectivity index (χ4v) is 2.75. The summed E-state index contributed by atoms with van der Waals surface area (Å²) in [5.74, 6) is -3.42. The molecule has 1 heterocycles. The minimum Gasteiger partial charge on any atom is -0.383 e. The Kier molecular flexibility index (Phi) is 5.34. The molecule has 1 aliphatic rings. The second-order valence-corrected chi connectivity index (χ2v) is 6.33. The van der Waals surface area contributed by atoms with Gasteiger partial charge in [-0.1, -0.05) is 34.6 Å². The van der Waals surface area contributed by atoms with Crippen LogP contribution in [-0.4, -0.2) is 31.4 Å². The monoisotopic (exact) mass is 315 g/mol. The van der Waals surface area contributed by atoms with E-state index >= 15 is 0 Å². The van der Waals surface area contributed by atoms with E-state index in [1.807, 2.05) is 27.7 Å². The Morgan fingerprint density at radius 3 is 2.09 bits per heavy atom. The van der Waals surface area contributed by atoms with Gasteiger partial charge < -0.3 is 20.4 Å². The molecule has 0 aromatic carbocycles. The van der Waals surface area contributed by atoms with Crippen LogP contribution in [0.1, 0.15) is 64.6 Å². The van der Waals surface area contributed by atoms with E-state index in [9.17, 15) is 24.8 Å². The van der Waals surface area contributed by atoms with Crippen LogP contribution in [0.5, 0.6) is 0 Å². The first-order valence-electron chi connectivity index (χ1n) is 7.54. The molecule has 0 atom stereocenters. The predicted molar refractivity (Wildman–Crippen MR) is 80.3 cm³/mol. The Labute approximate surface area is 130 Å². The van der Waals surface area contributed by atoms with E-state index in [1.165, 1.54) is 19.2 Å². The molecule has 0 saturated heterocycles. The van der Waals surface area contributed by atoms with Crippen LogP contribution < -0.4 is 0 Å². The highest BCUT2D eigenvalue weighted by Gasteiger charge is 2.62. The van der Waals surface area contributed by atoms with Crippen LogP contribution in [-0.2, 0) is 5.60 Å². The average molecular weight is 315 g/mol. The number of pyridine rings is 1. The first kappa shape index (κ1) is 19.0. The van der Waals surface area contributed by atoms with Gasteiger partial charge in [0, 0.05) is 6.20 Å². The zero-order chi connectivity index (χ0) is 17.3. The van der Waals surface area contributed by atoms with Crippen LogP contribution in [0.25, 0.3) is 0 Å². The van der Waals surface area contributed by atoms with E-state index in [4.69, 9.17) is 0 Å². The number of aliphatic hydroxyl groups is 4. The van der Waals surface area contributed by atoms with E-state index in [0.29, 0.717) is 0 Å². The maximum absolute atomic E-state index is 14.1. The van der Waals surface area contributed by atoms with Crippen molar-refractivity contribution in [2.75, 3.05) is 0 Å². The fraction of sp³-hybridized carbons (Fsp3) is 0.688. The topological polar surface area (TPSA) is 93.8 Å². The molecule has 1 aromatic heterocycles. The van der Waals surface area contributed by atoms with Gasteiger partial charge in [0.05, 0.1) is 5.41 Å². The maximum Gasteiger partial charge on any atom is 0.281 e. The second kappa shape index (κ2) is 6.20. The summed E-state index contributed by atoms with van der Waals surface area (Å²) in [5.41, 5.74) is -2.30. The molecule has 0 amide bonds. The SMILES string of the molecule is CC.CC(C)c1cnc(C2(O)CC(C)(C(O)(O)O)C2)c(F)c1. The van der Waals surface area contributed by atoms with Crippen molar-refractivity contribution >= 4 is 0 Å². The van der Waals surface area contributed by atoms with Gasteiger partial charge in [-0.3, -0.25) is 4.98 Å². The van der Waals surface area contributed by atoms with Gasteiger partial charge in [0.15, 0.2) is 0 Å². The van der Waals surface area contributed by atoms with Crippen molar-refractivity contribution in [1.82, 2.24) is 4.98 Å². The lowest BCUT2D eigenvalue weighted by molar-refractivity contribution is -0.407. The van der Waals surface area contributed by atoms with Crippen molar-refractivity contribution in [3.05, 3.63) is 29.3 Å². The standard InChI is InChI=1S/C14H20FNO4.C2H6/c1-8(2)9-4-10(15)11(16-5-9)13(17)6-12(3,7-13)14(18,19)20;1-2/h4-5,8,17-20H,6-7H2,1-3H3;1-2H3. The molecule has 0 spiro atoms. The molecular formula is C16H26FNO4. The quantitative estimate of drug-likeness (QED) is 0.640. The zero-order valence-electron chi connectivity index (χ0n) is 13.8. The van der Waals surface area contributed by atoms with Crippen molar-refractivity contribution in [2.24, 2.45) is 5.41 Å². The summed E-state index contributed by atoms with van der Waals surface area (Å²) in [6, 6.07) is 1.32. The Balaban J connectivity index is 0.00000116. The molecule has 1 saturated carbocycles. The number of halogens is 1. The summed E-state index contributed by atoms with van der Waals surface area (Å²) in [4.78, 5) is 3.97. The lowest BCUT2D eigenvalue weighted by Crippen LogP contribution is -2.60. The van der Waals surface area contributed by atoms with Gasteiger partial charge in [-0.05, 0) is 30.4 Å². The van der Waals surface area contributed by atoms with Crippen molar-refractivity contribution in [2.45, 2.75) is 65.0 Å². The van der Waals surface area contributed by atoms with E-state index in [2.05, 4.69) is 4.98 Å². The van der Waals surface area contributed by atoms with Crippen LogP contribution in [0.4, 0.5) is 4.39 Å². The third kappa shape index (κ3) is 3.30. The summed E-state index contributed by atoms with van der Waals surface area (Å²) in [6.45, 7) is 9.22. The molecule has 0 bridgehead atoms. The van der Waals surface area contributed by atoms with Crippen molar-refractivity contribution < 1.29 is 24.8 Å². The molecule has 2 rings (SSSR count). The highest BCUT2D eigenvalue weighted by atomic mass is 19.1. The Hall–Kier alpha value is -1.08. The van der Waals surface area contributed by atoms with Gasteiger partial charge in [-0.25, -0.2) is 4.39 Å². The third-order valence-electron chi connectivity index (χ3n) is 4.14. The van der Waals surface area contributed by atoms with Crippen LogP contribution >= 0.6 is 0 Å². The van der Waals surface area contributed by atoms with Gasteiger partial charge in [0.2, 0.25) is 0 Å². The van der Waals surface area contributed by atoms with Gasteiger partial charge in [0.25, 0.3) is 5.97 Å². The van der Waals surface area contributed by atoms with Gasteiger partial charge in [0.1, 0.15) is 17.1 Å². The summed E-state index contributed by atoms with van der Waals surface area (Å²) >= 11 is 0. The van der Waals surface area contributed by atoms with Crippen molar-refractivity contribution in [3.8, 4) is 0 Å². The average Bonchev–Trinajstić information content (AvgIpc) is 2.37. The number of hydrogen-bond donors (Lipinski definition) is 4. The summed E-state index contributed by atoms with van der Waals surface area (Å²) in [7, 11) is 0. The van der Waals surface area contributed by atoms with Gasteiger partial charge in [-0.15, -0.1) is 0 Å². The highest BCUT2D eigenvalue weighted by Crippen LogP contribution is 2.57. The second-order valence-electron chi connectivity index (χ2n) is 6.33. The minimum absolute atomic E-state index is 0.118. The number of rotatable bonds is 3. The first-order valence-corrected chi connectivity index (χ1v) is 7.54. The first-order chi connectivity index (χ1) is 9.98. The molecule has 0 unspecified atom stereocenters. The number of hydrogen-bond acceptors (Lipinski definition) is 5. The lowest BCUT2D eigenvalue weighted by Gasteiger charge is -2.54. The van der Waals surface area contributed by atoms with Crippen LogP contribution in [0.3, 0.4) is 0 Å².